The van der Waals surface area contributed by atoms with E-state index in [1.807, 2.05) is 5.32 Å². The number of rotatable bonds is 9. The van der Waals surface area contributed by atoms with Gasteiger partial charge in [-0.3, -0.25) is 10.1 Å². The van der Waals surface area contributed by atoms with E-state index < -0.39 is 60.6 Å². The topological polar surface area (TPSA) is 134 Å². The highest BCUT2D eigenvalue weighted by atomic mass is 35.5. The van der Waals surface area contributed by atoms with E-state index in [9.17, 15) is 36.2 Å². The van der Waals surface area contributed by atoms with Crippen molar-refractivity contribution < 1.29 is 41.0 Å². The number of benzene rings is 2. The molecule has 2 aromatic carbocycles. The van der Waals surface area contributed by atoms with E-state index in [0.717, 1.165) is 4.90 Å². The van der Waals surface area contributed by atoms with Crippen molar-refractivity contribution in [2.75, 3.05) is 25.0 Å². The van der Waals surface area contributed by atoms with Gasteiger partial charge in [-0.25, -0.2) is 4.99 Å². The third kappa shape index (κ3) is 8.90. The van der Waals surface area contributed by atoms with E-state index in [1.54, 1.807) is 0 Å². The van der Waals surface area contributed by atoms with Crippen molar-refractivity contribution in [3.63, 3.8) is 0 Å². The second-order valence-electron chi connectivity index (χ2n) is 7.70. The molecule has 4 N–H and O–H groups in total. The summed E-state index contributed by atoms with van der Waals surface area (Å²) < 4.78 is 82.1. The van der Waals surface area contributed by atoms with Crippen molar-refractivity contribution in [3.05, 3.63) is 57.6 Å². The number of nitriles is 1. The average molecular weight is 613 g/mol. The van der Waals surface area contributed by atoms with Gasteiger partial charge in [-0.1, -0.05) is 29.3 Å². The van der Waals surface area contributed by atoms with Gasteiger partial charge in [-0.15, -0.1) is 13.2 Å². The average Bonchev–Trinajstić information content (AvgIpc) is 2.86. The predicted octanol–water partition coefficient (Wildman–Crippen LogP) is 5.03. The molecule has 0 saturated carbocycles. The first-order valence-corrected chi connectivity index (χ1v) is 11.7. The maximum Gasteiger partial charge on any atom is 0.573 e. The third-order valence-electron chi connectivity index (χ3n) is 5.12. The molecular formula is C23H20Cl2F6N6O3. The molecule has 0 aliphatic heterocycles. The van der Waals surface area contributed by atoms with Gasteiger partial charge in [-0.2, -0.15) is 18.4 Å². The van der Waals surface area contributed by atoms with Gasteiger partial charge in [0.15, 0.2) is 11.9 Å². The van der Waals surface area contributed by atoms with Crippen molar-refractivity contribution in [2.24, 2.45) is 4.99 Å². The SMILES string of the molecule is CCN(C(=O)CO)C(CN=C(NC#N)Nc1cc(C(F)(F)F)ccc1OC(F)(F)F)C(=N)c1ccc(Cl)c(Cl)c1. The summed E-state index contributed by atoms with van der Waals surface area (Å²) in [6.07, 6.45) is -8.75. The lowest BCUT2D eigenvalue weighted by Gasteiger charge is -2.30. The summed E-state index contributed by atoms with van der Waals surface area (Å²) in [5, 5.41) is 31.5. The van der Waals surface area contributed by atoms with Crippen LogP contribution in [0.3, 0.4) is 0 Å². The van der Waals surface area contributed by atoms with Crippen LogP contribution in [0.4, 0.5) is 32.0 Å². The molecular weight excluding hydrogens is 593 g/mol. The minimum atomic E-state index is -5.26. The van der Waals surface area contributed by atoms with Crippen LogP contribution in [0, 0.1) is 16.9 Å². The zero-order chi connectivity index (χ0) is 30.3. The molecule has 0 aliphatic carbocycles. The quantitative estimate of drug-likeness (QED) is 0.103. The van der Waals surface area contributed by atoms with E-state index in [2.05, 4.69) is 15.0 Å². The van der Waals surface area contributed by atoms with Gasteiger partial charge < -0.3 is 25.5 Å². The van der Waals surface area contributed by atoms with Gasteiger partial charge in [-0.05, 0) is 42.8 Å². The maximum absolute atomic E-state index is 13.2. The van der Waals surface area contributed by atoms with Crippen molar-refractivity contribution in [1.82, 2.24) is 10.2 Å². The Morgan fingerprint density at radius 3 is 2.38 bits per heavy atom. The molecule has 40 heavy (non-hydrogen) atoms. The Bertz CT molecular complexity index is 1310. The number of aliphatic hydroxyl groups is 1. The van der Waals surface area contributed by atoms with Crippen LogP contribution in [0.2, 0.25) is 10.0 Å². The van der Waals surface area contributed by atoms with E-state index in [-0.39, 0.29) is 27.9 Å². The monoisotopic (exact) mass is 612 g/mol. The molecule has 0 heterocycles. The standard InChI is InChI=1S/C23H20Cl2F6N6O3/c1-2-37(19(39)10-38)17(20(33)12-3-5-14(24)15(25)7-12)9-34-21(35-11-32)36-16-8-13(22(26,27)28)4-6-18(16)40-23(29,30)31/h3-8,17,33,38H,2,9-10H2,1H3,(H2,34,35,36). The number of nitrogens with zero attached hydrogens (tertiary/aromatic N) is 3. The number of anilines is 1. The van der Waals surface area contributed by atoms with Gasteiger partial charge >= 0.3 is 12.5 Å². The number of guanidine groups is 1. The van der Waals surface area contributed by atoms with Crippen LogP contribution in [0.5, 0.6) is 5.75 Å². The molecule has 2 rings (SSSR count). The summed E-state index contributed by atoms with van der Waals surface area (Å²) in [5.41, 5.74) is -2.22. The molecule has 1 amide bonds. The maximum atomic E-state index is 13.2. The molecule has 0 radical (unpaired) electrons. The van der Waals surface area contributed by atoms with Gasteiger partial charge in [0.25, 0.3) is 0 Å². The zero-order valence-corrected chi connectivity index (χ0v) is 21.8. The number of hydrogen-bond donors (Lipinski definition) is 4. The number of aliphatic imine (C=N–C) groups is 1. The van der Waals surface area contributed by atoms with Crippen LogP contribution in [-0.2, 0) is 11.0 Å². The summed E-state index contributed by atoms with van der Waals surface area (Å²) in [4.78, 5) is 17.4. The molecule has 0 bridgehead atoms. The molecule has 17 heteroatoms. The number of aliphatic hydroxyl groups excluding tert-OH is 1. The molecule has 2 aromatic rings. The number of alkyl halides is 6. The van der Waals surface area contributed by atoms with Crippen LogP contribution in [-0.4, -0.2) is 59.7 Å². The third-order valence-corrected chi connectivity index (χ3v) is 5.86. The van der Waals surface area contributed by atoms with Crippen LogP contribution in [0.1, 0.15) is 18.1 Å². The van der Waals surface area contributed by atoms with Crippen molar-refractivity contribution in [1.29, 1.82) is 10.7 Å². The molecule has 1 atom stereocenters. The van der Waals surface area contributed by atoms with Gasteiger partial charge in [0.2, 0.25) is 11.9 Å². The number of carbonyl (C=O) groups excluding carboxylic acids is 1. The lowest BCUT2D eigenvalue weighted by molar-refractivity contribution is -0.274. The number of likely N-dealkylation sites (N-methyl/N-ethyl adjacent to an activating group) is 1. The molecule has 216 valence electrons. The van der Waals surface area contributed by atoms with Gasteiger partial charge in [0, 0.05) is 6.54 Å². The first-order valence-electron chi connectivity index (χ1n) is 11.0. The number of halogens is 8. The summed E-state index contributed by atoms with van der Waals surface area (Å²) in [6, 6.07) is 4.03. The first-order chi connectivity index (χ1) is 18.6. The molecule has 0 fully saturated rings. The summed E-state index contributed by atoms with van der Waals surface area (Å²) in [7, 11) is 0. The highest BCUT2D eigenvalue weighted by Gasteiger charge is 2.35. The number of carbonyl (C=O) groups is 1. The molecule has 0 saturated heterocycles. The minimum absolute atomic E-state index is 0.0328. The van der Waals surface area contributed by atoms with Crippen LogP contribution in [0.25, 0.3) is 0 Å². The lowest BCUT2D eigenvalue weighted by Crippen LogP contribution is -2.48. The van der Waals surface area contributed by atoms with E-state index in [4.69, 9.17) is 33.9 Å². The van der Waals surface area contributed by atoms with Crippen LogP contribution in [0.15, 0.2) is 41.4 Å². The Kier molecular flexibility index (Phi) is 11.0. The molecule has 9 nitrogen and oxygen atoms in total. The van der Waals surface area contributed by atoms with Crippen LogP contribution < -0.4 is 15.4 Å². The number of nitrogens with one attached hydrogen (secondary N) is 3. The molecule has 0 aliphatic rings. The highest BCUT2D eigenvalue weighted by molar-refractivity contribution is 6.42. The second-order valence-corrected chi connectivity index (χ2v) is 8.52. The van der Waals surface area contributed by atoms with Gasteiger partial charge in [0.05, 0.1) is 39.6 Å². The molecule has 0 aromatic heterocycles. The number of hydrogen-bond acceptors (Lipinski definition) is 6. The smallest absolute Gasteiger partial charge is 0.404 e. The highest BCUT2D eigenvalue weighted by Crippen LogP contribution is 2.37. The van der Waals surface area contributed by atoms with Gasteiger partial charge in [0.1, 0.15) is 6.61 Å². The first kappa shape index (κ1) is 32.5. The fourth-order valence-electron chi connectivity index (χ4n) is 3.35. The normalized spacial score (nSPS) is 12.8. The lowest BCUT2D eigenvalue weighted by atomic mass is 10.0. The van der Waals surface area contributed by atoms with E-state index in [1.165, 1.54) is 31.3 Å². The fraction of sp³-hybridized carbons (Fsp3) is 0.304. The summed E-state index contributed by atoms with van der Waals surface area (Å²) in [5.74, 6) is -2.50. The second kappa shape index (κ2) is 13.6. The van der Waals surface area contributed by atoms with Crippen molar-refractivity contribution >= 4 is 46.5 Å². The molecule has 1 unspecified atom stereocenters. The zero-order valence-electron chi connectivity index (χ0n) is 20.3. The Labute approximate surface area is 233 Å². The summed E-state index contributed by atoms with van der Waals surface area (Å²) >= 11 is 11.9. The predicted molar refractivity (Wildman–Crippen MR) is 134 cm³/mol. The van der Waals surface area contributed by atoms with Crippen molar-refractivity contribution in [2.45, 2.75) is 25.5 Å². The molecule has 0 spiro atoms. The van der Waals surface area contributed by atoms with Crippen LogP contribution >= 0.6 is 23.2 Å². The number of ether oxygens (including phenoxy) is 1. The largest absolute Gasteiger partial charge is 0.573 e. The Hall–Kier alpha value is -3.74. The summed E-state index contributed by atoms with van der Waals surface area (Å²) in [6.45, 7) is 0.0219. The van der Waals surface area contributed by atoms with E-state index >= 15 is 0 Å². The Morgan fingerprint density at radius 1 is 1.18 bits per heavy atom. The van der Waals surface area contributed by atoms with E-state index in [0.29, 0.717) is 18.2 Å². The minimum Gasteiger partial charge on any atom is -0.404 e. The Balaban J connectivity index is 2.54. The number of amides is 1. The fourth-order valence-corrected chi connectivity index (χ4v) is 3.65. The Morgan fingerprint density at radius 2 is 1.85 bits per heavy atom. The van der Waals surface area contributed by atoms with Crippen molar-refractivity contribution in [3.8, 4) is 11.9 Å².